The highest BCUT2D eigenvalue weighted by Crippen LogP contribution is 2.09. The fourth-order valence-corrected chi connectivity index (χ4v) is 1.62. The van der Waals surface area contributed by atoms with Crippen molar-refractivity contribution >= 4 is 5.96 Å². The summed E-state index contributed by atoms with van der Waals surface area (Å²) in [5.41, 5.74) is 0.922. The van der Waals surface area contributed by atoms with Gasteiger partial charge in [-0.2, -0.15) is 5.26 Å². The number of hydrogen-bond donors (Lipinski definition) is 2. The van der Waals surface area contributed by atoms with E-state index in [9.17, 15) is 4.39 Å². The highest BCUT2D eigenvalue weighted by molar-refractivity contribution is 5.81. The maximum Gasteiger partial charge on any atom is 0.191 e. The van der Waals surface area contributed by atoms with Crippen LogP contribution in [0.2, 0.25) is 0 Å². The van der Waals surface area contributed by atoms with Gasteiger partial charge in [-0.25, -0.2) is 4.39 Å². The minimum absolute atomic E-state index is 0.313. The number of guanidine groups is 1. The van der Waals surface area contributed by atoms with E-state index in [1.165, 1.54) is 12.1 Å². The molecule has 2 N–H and O–H groups in total. The molecule has 0 radical (unpaired) electrons. The normalized spacial score (nSPS) is 18.2. The summed E-state index contributed by atoms with van der Waals surface area (Å²) < 4.78 is 13.4. The standard InChI is InChI=1S/C12H13FN4/c1-8-6-15-12(17-8)16-7-10-4-9(5-14)2-3-11(10)13/h2-4,8H,6-7H2,1H3,(H2,15,16,17). The molecule has 4 nitrogen and oxygen atoms in total. The quantitative estimate of drug-likeness (QED) is 0.803. The molecule has 0 saturated carbocycles. The molecular weight excluding hydrogens is 219 g/mol. The summed E-state index contributed by atoms with van der Waals surface area (Å²) >= 11 is 0. The number of benzene rings is 1. The van der Waals surface area contributed by atoms with Crippen LogP contribution >= 0.6 is 0 Å². The third kappa shape index (κ3) is 2.72. The van der Waals surface area contributed by atoms with E-state index < -0.39 is 0 Å². The van der Waals surface area contributed by atoms with Crippen molar-refractivity contribution < 1.29 is 4.39 Å². The summed E-state index contributed by atoms with van der Waals surface area (Å²) in [5.74, 6) is 0.363. The molecule has 0 bridgehead atoms. The van der Waals surface area contributed by atoms with E-state index in [-0.39, 0.29) is 5.82 Å². The van der Waals surface area contributed by atoms with Gasteiger partial charge in [-0.15, -0.1) is 0 Å². The minimum Gasteiger partial charge on any atom is -0.352 e. The lowest BCUT2D eigenvalue weighted by Gasteiger charge is -2.09. The first-order chi connectivity index (χ1) is 8.19. The molecule has 1 heterocycles. The molecule has 1 aliphatic heterocycles. The van der Waals surface area contributed by atoms with Crippen LogP contribution in [0.5, 0.6) is 0 Å². The fraction of sp³-hybridized carbons (Fsp3) is 0.333. The van der Waals surface area contributed by atoms with E-state index in [4.69, 9.17) is 5.26 Å². The van der Waals surface area contributed by atoms with Crippen molar-refractivity contribution in [2.75, 3.05) is 6.54 Å². The van der Waals surface area contributed by atoms with Gasteiger partial charge >= 0.3 is 0 Å². The van der Waals surface area contributed by atoms with Gasteiger partial charge in [-0.05, 0) is 25.1 Å². The van der Waals surface area contributed by atoms with Crippen LogP contribution in [0, 0.1) is 17.1 Å². The summed E-state index contributed by atoms with van der Waals surface area (Å²) in [6.45, 7) is 3.07. The third-order valence-electron chi connectivity index (χ3n) is 2.53. The van der Waals surface area contributed by atoms with E-state index >= 15 is 0 Å². The Hall–Kier alpha value is -2.09. The van der Waals surface area contributed by atoms with Crippen LogP contribution in [-0.4, -0.2) is 18.5 Å². The van der Waals surface area contributed by atoms with Crippen LogP contribution in [-0.2, 0) is 6.54 Å². The van der Waals surface area contributed by atoms with Crippen molar-refractivity contribution in [2.24, 2.45) is 4.99 Å². The molecule has 1 unspecified atom stereocenters. The van der Waals surface area contributed by atoms with Crippen molar-refractivity contribution in [1.82, 2.24) is 10.6 Å². The largest absolute Gasteiger partial charge is 0.352 e. The van der Waals surface area contributed by atoms with Crippen molar-refractivity contribution in [3.63, 3.8) is 0 Å². The van der Waals surface area contributed by atoms with Crippen molar-refractivity contribution in [2.45, 2.75) is 19.5 Å². The second-order valence-electron chi connectivity index (χ2n) is 4.01. The van der Waals surface area contributed by atoms with Crippen LogP contribution in [0.3, 0.4) is 0 Å². The zero-order valence-corrected chi connectivity index (χ0v) is 9.50. The van der Waals surface area contributed by atoms with Crippen LogP contribution in [0.4, 0.5) is 4.39 Å². The first kappa shape index (κ1) is 11.4. The Morgan fingerprint density at radius 1 is 1.65 bits per heavy atom. The average molecular weight is 232 g/mol. The lowest BCUT2D eigenvalue weighted by Crippen LogP contribution is -2.37. The fourth-order valence-electron chi connectivity index (χ4n) is 1.62. The van der Waals surface area contributed by atoms with E-state index in [1.54, 1.807) is 6.07 Å². The predicted octanol–water partition coefficient (Wildman–Crippen LogP) is 1.13. The molecular formula is C12H13FN4. The zero-order valence-electron chi connectivity index (χ0n) is 9.50. The first-order valence-electron chi connectivity index (χ1n) is 5.42. The number of rotatable bonds is 2. The predicted molar refractivity (Wildman–Crippen MR) is 62.9 cm³/mol. The lowest BCUT2D eigenvalue weighted by atomic mass is 10.1. The molecule has 17 heavy (non-hydrogen) atoms. The van der Waals surface area contributed by atoms with Gasteiger partial charge in [0.05, 0.1) is 18.2 Å². The Balaban J connectivity index is 2.02. The first-order valence-corrected chi connectivity index (χ1v) is 5.42. The number of aliphatic imine (C=N–C) groups is 1. The molecule has 1 aliphatic rings. The number of nitrogens with zero attached hydrogens (tertiary/aromatic N) is 2. The van der Waals surface area contributed by atoms with Crippen molar-refractivity contribution in [3.05, 3.63) is 35.1 Å². The zero-order chi connectivity index (χ0) is 12.3. The van der Waals surface area contributed by atoms with Gasteiger partial charge < -0.3 is 10.6 Å². The van der Waals surface area contributed by atoms with Gasteiger partial charge in [0.1, 0.15) is 5.82 Å². The molecule has 0 amide bonds. The second kappa shape index (κ2) is 4.83. The van der Waals surface area contributed by atoms with E-state index in [0.29, 0.717) is 29.7 Å². The molecule has 0 fully saturated rings. The summed E-state index contributed by atoms with van der Waals surface area (Å²) in [4.78, 5) is 4.21. The third-order valence-corrected chi connectivity index (χ3v) is 2.53. The summed E-state index contributed by atoms with van der Waals surface area (Å²) in [5, 5.41) is 14.9. The Morgan fingerprint density at radius 3 is 3.12 bits per heavy atom. The highest BCUT2D eigenvalue weighted by atomic mass is 19.1. The molecule has 1 aromatic rings. The Morgan fingerprint density at radius 2 is 2.47 bits per heavy atom. The molecule has 0 saturated heterocycles. The van der Waals surface area contributed by atoms with Gasteiger partial charge in [0.15, 0.2) is 5.96 Å². The van der Waals surface area contributed by atoms with E-state index in [2.05, 4.69) is 15.6 Å². The van der Waals surface area contributed by atoms with E-state index in [1.807, 2.05) is 13.0 Å². The average Bonchev–Trinajstić information content (AvgIpc) is 2.74. The summed E-state index contributed by atoms with van der Waals surface area (Å²) in [6.07, 6.45) is 0. The Kier molecular flexibility index (Phi) is 3.24. The second-order valence-corrected chi connectivity index (χ2v) is 4.01. The van der Waals surface area contributed by atoms with Crippen molar-refractivity contribution in [1.29, 1.82) is 5.26 Å². The Bertz CT molecular complexity index is 490. The number of nitriles is 1. The molecule has 5 heteroatoms. The van der Waals surface area contributed by atoms with Gasteiger partial charge in [0, 0.05) is 18.2 Å². The van der Waals surface area contributed by atoms with Crippen LogP contribution in [0.15, 0.2) is 23.2 Å². The molecule has 88 valence electrons. The monoisotopic (exact) mass is 232 g/mol. The molecule has 1 atom stereocenters. The van der Waals surface area contributed by atoms with Gasteiger partial charge in [-0.3, -0.25) is 4.99 Å². The Labute approximate surface area is 99.2 Å². The molecule has 1 aromatic carbocycles. The molecule has 0 aromatic heterocycles. The van der Waals surface area contributed by atoms with Crippen LogP contribution in [0.25, 0.3) is 0 Å². The van der Waals surface area contributed by atoms with Gasteiger partial charge in [0.25, 0.3) is 0 Å². The maximum atomic E-state index is 13.4. The van der Waals surface area contributed by atoms with Gasteiger partial charge in [0.2, 0.25) is 0 Å². The lowest BCUT2D eigenvalue weighted by molar-refractivity contribution is 0.604. The number of hydrogen-bond acceptors (Lipinski definition) is 4. The maximum absolute atomic E-state index is 13.4. The number of halogens is 1. The molecule has 2 rings (SSSR count). The summed E-state index contributed by atoms with van der Waals surface area (Å²) in [7, 11) is 0. The van der Waals surface area contributed by atoms with Crippen molar-refractivity contribution in [3.8, 4) is 6.07 Å². The minimum atomic E-state index is -0.317. The van der Waals surface area contributed by atoms with Gasteiger partial charge in [-0.1, -0.05) is 0 Å². The molecule has 0 aliphatic carbocycles. The molecule has 0 spiro atoms. The number of nitrogens with one attached hydrogen (secondary N) is 2. The smallest absolute Gasteiger partial charge is 0.191 e. The summed E-state index contributed by atoms with van der Waals surface area (Å²) in [6, 6.07) is 6.62. The highest BCUT2D eigenvalue weighted by Gasteiger charge is 2.12. The SMILES string of the molecule is CC1CN=C(NCc2cc(C#N)ccc2F)N1. The topological polar surface area (TPSA) is 60.2 Å². The van der Waals surface area contributed by atoms with Crippen LogP contribution < -0.4 is 10.6 Å². The van der Waals surface area contributed by atoms with Crippen LogP contribution in [0.1, 0.15) is 18.1 Å². The van der Waals surface area contributed by atoms with E-state index in [0.717, 1.165) is 6.54 Å².